The maximum atomic E-state index is 14.7. The Balaban J connectivity index is 1.73. The molecule has 0 aliphatic carbocycles. The van der Waals surface area contributed by atoms with Gasteiger partial charge in [-0.3, -0.25) is 14.5 Å². The highest BCUT2D eigenvalue weighted by Gasteiger charge is 2.47. The van der Waals surface area contributed by atoms with Crippen molar-refractivity contribution in [2.75, 3.05) is 11.7 Å². The summed E-state index contributed by atoms with van der Waals surface area (Å²) in [6, 6.07) is 13.2. The zero-order valence-corrected chi connectivity index (χ0v) is 17.3. The van der Waals surface area contributed by atoms with Gasteiger partial charge in [0, 0.05) is 11.6 Å². The van der Waals surface area contributed by atoms with Crippen LogP contribution in [0.1, 0.15) is 22.7 Å². The normalized spacial score (nSPS) is 18.8. The molecular weight excluding hydrogens is 432 g/mol. The minimum absolute atomic E-state index is 0.0249. The van der Waals surface area contributed by atoms with E-state index in [1.54, 1.807) is 24.3 Å². The zero-order chi connectivity index (χ0) is 23.3. The fourth-order valence-corrected chi connectivity index (χ4v) is 4.11. The van der Waals surface area contributed by atoms with Crippen molar-refractivity contribution in [3.8, 4) is 11.5 Å². The van der Waals surface area contributed by atoms with E-state index in [1.807, 2.05) is 13.0 Å². The largest absolute Gasteiger partial charge is 0.507 e. The Morgan fingerprint density at radius 1 is 1.00 bits per heavy atom. The highest BCUT2D eigenvalue weighted by Crippen LogP contribution is 2.44. The van der Waals surface area contributed by atoms with E-state index in [4.69, 9.17) is 9.47 Å². The number of nitrogens with zero attached hydrogens (tertiary/aromatic N) is 1. The summed E-state index contributed by atoms with van der Waals surface area (Å²) < 4.78 is 38.9. The summed E-state index contributed by atoms with van der Waals surface area (Å²) >= 11 is 0. The quantitative estimate of drug-likeness (QED) is 0.359. The molecule has 5 rings (SSSR count). The lowest BCUT2D eigenvalue weighted by Gasteiger charge is -2.26. The maximum absolute atomic E-state index is 14.7. The summed E-state index contributed by atoms with van der Waals surface area (Å²) in [5, 5.41) is 11.1. The average molecular weight is 449 g/mol. The summed E-state index contributed by atoms with van der Waals surface area (Å²) in [6.07, 6.45) is 0. The molecule has 0 spiro atoms. The third kappa shape index (κ3) is 3.40. The number of halogens is 2. The molecule has 2 aliphatic rings. The van der Waals surface area contributed by atoms with Crippen molar-refractivity contribution in [2.24, 2.45) is 0 Å². The lowest BCUT2D eigenvalue weighted by atomic mass is 9.94. The minimum atomic E-state index is -1.13. The lowest BCUT2D eigenvalue weighted by Crippen LogP contribution is -2.30. The van der Waals surface area contributed by atoms with E-state index in [2.05, 4.69) is 0 Å². The van der Waals surface area contributed by atoms with E-state index in [9.17, 15) is 23.5 Å². The van der Waals surface area contributed by atoms with E-state index in [-0.39, 0.29) is 23.6 Å². The van der Waals surface area contributed by atoms with Crippen molar-refractivity contribution < 1.29 is 33.0 Å². The van der Waals surface area contributed by atoms with Crippen LogP contribution in [0.25, 0.3) is 5.76 Å². The van der Waals surface area contributed by atoms with Gasteiger partial charge in [0.25, 0.3) is 11.7 Å². The van der Waals surface area contributed by atoms with Gasteiger partial charge in [-0.05, 0) is 42.8 Å². The first kappa shape index (κ1) is 20.7. The van der Waals surface area contributed by atoms with Crippen molar-refractivity contribution in [3.63, 3.8) is 0 Å². The van der Waals surface area contributed by atoms with Crippen LogP contribution >= 0.6 is 0 Å². The standard InChI is InChI=1S/C25H17F2NO5/c1-13-3-2-4-14(9-13)22-21(23(29)15-5-8-19-20(10-15)33-12-32-19)24(30)25(31)28(22)18-7-6-16(26)11-17(18)27/h2-11,22,29H,12H2,1H3/b23-21-. The fraction of sp³-hybridized carbons (Fsp3) is 0.120. The number of ketones is 1. The second-order valence-corrected chi connectivity index (χ2v) is 7.75. The van der Waals surface area contributed by atoms with Crippen LogP contribution in [0, 0.1) is 18.6 Å². The summed E-state index contributed by atoms with van der Waals surface area (Å²) in [5.74, 6) is -3.42. The zero-order valence-electron chi connectivity index (χ0n) is 17.3. The van der Waals surface area contributed by atoms with Crippen molar-refractivity contribution in [3.05, 3.63) is 94.6 Å². The van der Waals surface area contributed by atoms with Gasteiger partial charge in [0.2, 0.25) is 6.79 Å². The molecule has 1 unspecified atom stereocenters. The van der Waals surface area contributed by atoms with Crippen molar-refractivity contribution in [1.29, 1.82) is 0 Å². The number of amides is 1. The second kappa shape index (κ2) is 7.74. The molecule has 2 aliphatic heterocycles. The fourth-order valence-electron chi connectivity index (χ4n) is 4.11. The van der Waals surface area contributed by atoms with Crippen molar-refractivity contribution >= 4 is 23.1 Å². The van der Waals surface area contributed by atoms with Gasteiger partial charge in [-0.2, -0.15) is 0 Å². The second-order valence-electron chi connectivity index (χ2n) is 7.75. The van der Waals surface area contributed by atoms with E-state index in [0.29, 0.717) is 23.1 Å². The molecule has 0 bridgehead atoms. The molecule has 33 heavy (non-hydrogen) atoms. The molecule has 6 nitrogen and oxygen atoms in total. The Kier molecular flexibility index (Phi) is 4.85. The number of carbonyl (C=O) groups excluding carboxylic acids is 2. The van der Waals surface area contributed by atoms with E-state index in [1.165, 1.54) is 12.1 Å². The van der Waals surface area contributed by atoms with Crippen LogP contribution in [-0.2, 0) is 9.59 Å². The van der Waals surface area contributed by atoms with Crippen molar-refractivity contribution in [1.82, 2.24) is 0 Å². The number of aliphatic hydroxyl groups excluding tert-OH is 1. The number of hydrogen-bond acceptors (Lipinski definition) is 5. The number of hydrogen-bond donors (Lipinski definition) is 1. The number of benzene rings is 3. The predicted octanol–water partition coefficient (Wildman–Crippen LogP) is 4.63. The Labute approximate surface area is 187 Å². The number of Topliss-reactive ketones (excluding diaryl/α,β-unsaturated/α-hetero) is 1. The molecule has 166 valence electrons. The van der Waals surface area contributed by atoms with Gasteiger partial charge >= 0.3 is 0 Å². The SMILES string of the molecule is Cc1cccc(C2/C(=C(/O)c3ccc4c(c3)OCO4)C(=O)C(=O)N2c2ccc(F)cc2F)c1. The molecule has 3 aromatic rings. The van der Waals surface area contributed by atoms with Gasteiger partial charge in [0.15, 0.2) is 11.5 Å². The third-order valence-electron chi connectivity index (χ3n) is 5.62. The van der Waals surface area contributed by atoms with E-state index in [0.717, 1.165) is 22.6 Å². The third-order valence-corrected chi connectivity index (χ3v) is 5.62. The molecular formula is C25H17F2NO5. The predicted molar refractivity (Wildman–Crippen MR) is 115 cm³/mol. The number of aryl methyl sites for hydroxylation is 1. The maximum Gasteiger partial charge on any atom is 0.300 e. The number of anilines is 1. The van der Waals surface area contributed by atoms with Gasteiger partial charge < -0.3 is 14.6 Å². The smallest absolute Gasteiger partial charge is 0.300 e. The molecule has 0 radical (unpaired) electrons. The summed E-state index contributed by atoms with van der Waals surface area (Å²) in [6.45, 7) is 1.85. The average Bonchev–Trinajstić information content (AvgIpc) is 3.36. The Hall–Kier alpha value is -4.20. The number of aliphatic hydroxyl groups is 1. The molecule has 1 fully saturated rings. The van der Waals surface area contributed by atoms with Gasteiger partial charge in [0.1, 0.15) is 17.4 Å². The first-order chi connectivity index (χ1) is 15.8. The molecule has 1 amide bonds. The number of fused-ring (bicyclic) bond motifs is 1. The number of ether oxygens (including phenoxy) is 2. The van der Waals surface area contributed by atoms with Crippen LogP contribution in [0.15, 0.2) is 66.2 Å². The van der Waals surface area contributed by atoms with E-state index < -0.39 is 35.1 Å². The number of carbonyl (C=O) groups is 2. The van der Waals surface area contributed by atoms with Gasteiger partial charge in [-0.1, -0.05) is 29.8 Å². The van der Waals surface area contributed by atoms with Crippen LogP contribution in [0.4, 0.5) is 14.5 Å². The van der Waals surface area contributed by atoms with Crippen LogP contribution in [0.3, 0.4) is 0 Å². The molecule has 8 heteroatoms. The summed E-state index contributed by atoms with van der Waals surface area (Å²) in [4.78, 5) is 27.1. The summed E-state index contributed by atoms with van der Waals surface area (Å²) in [5.41, 5.74) is 1.07. The van der Waals surface area contributed by atoms with Crippen molar-refractivity contribution in [2.45, 2.75) is 13.0 Å². The number of rotatable bonds is 3. The first-order valence-electron chi connectivity index (χ1n) is 10.1. The topological polar surface area (TPSA) is 76.1 Å². The summed E-state index contributed by atoms with van der Waals surface area (Å²) in [7, 11) is 0. The Morgan fingerprint density at radius 2 is 1.79 bits per heavy atom. The van der Waals surface area contributed by atoms with Crippen LogP contribution < -0.4 is 14.4 Å². The van der Waals surface area contributed by atoms with Crippen LogP contribution in [0.5, 0.6) is 11.5 Å². The highest BCUT2D eigenvalue weighted by atomic mass is 19.1. The van der Waals surface area contributed by atoms with Crippen LogP contribution in [0.2, 0.25) is 0 Å². The van der Waals surface area contributed by atoms with E-state index >= 15 is 0 Å². The minimum Gasteiger partial charge on any atom is -0.507 e. The monoisotopic (exact) mass is 449 g/mol. The molecule has 1 atom stereocenters. The molecule has 0 aromatic heterocycles. The molecule has 0 saturated carbocycles. The molecule has 2 heterocycles. The van der Waals surface area contributed by atoms with Gasteiger partial charge in [-0.25, -0.2) is 8.78 Å². The molecule has 3 aromatic carbocycles. The molecule has 1 N–H and O–H groups in total. The Bertz CT molecular complexity index is 1350. The van der Waals surface area contributed by atoms with Gasteiger partial charge in [0.05, 0.1) is 17.3 Å². The first-order valence-corrected chi connectivity index (χ1v) is 10.1. The highest BCUT2D eigenvalue weighted by molar-refractivity contribution is 6.51. The lowest BCUT2D eigenvalue weighted by molar-refractivity contribution is -0.132. The van der Waals surface area contributed by atoms with Gasteiger partial charge in [-0.15, -0.1) is 0 Å². The van der Waals surface area contributed by atoms with Crippen LogP contribution in [-0.4, -0.2) is 23.6 Å². The molecule has 1 saturated heterocycles. The Morgan fingerprint density at radius 3 is 2.55 bits per heavy atom.